The highest BCUT2D eigenvalue weighted by molar-refractivity contribution is 9.10. The van der Waals surface area contributed by atoms with Gasteiger partial charge in [-0.05, 0) is 68.1 Å². The van der Waals surface area contributed by atoms with Crippen molar-refractivity contribution < 1.29 is 0 Å². The van der Waals surface area contributed by atoms with Crippen molar-refractivity contribution >= 4 is 21.7 Å². The summed E-state index contributed by atoms with van der Waals surface area (Å²) in [5, 5.41) is 0. The summed E-state index contributed by atoms with van der Waals surface area (Å²) in [5.41, 5.74) is 1.07. The molecule has 0 spiro atoms. The molecule has 0 unspecified atom stereocenters. The van der Waals surface area contributed by atoms with E-state index in [2.05, 4.69) is 51.8 Å². The third-order valence-electron chi connectivity index (χ3n) is 3.46. The van der Waals surface area contributed by atoms with Gasteiger partial charge in [0.1, 0.15) is 5.82 Å². The highest BCUT2D eigenvalue weighted by Gasteiger charge is 2.25. The molecule has 1 aliphatic heterocycles. The summed E-state index contributed by atoms with van der Waals surface area (Å²) in [7, 11) is 0. The van der Waals surface area contributed by atoms with Crippen molar-refractivity contribution in [2.75, 3.05) is 4.90 Å². The van der Waals surface area contributed by atoms with Crippen molar-refractivity contribution in [3.05, 3.63) is 22.3 Å². The Morgan fingerprint density at radius 3 is 2.44 bits per heavy atom. The van der Waals surface area contributed by atoms with E-state index in [4.69, 9.17) is 0 Å². The number of halogens is 1. The Kier molecular flexibility index (Phi) is 3.53. The molecule has 0 aliphatic carbocycles. The quantitative estimate of drug-likeness (QED) is 0.776. The van der Waals surface area contributed by atoms with Crippen molar-refractivity contribution in [2.24, 2.45) is 0 Å². The number of nitrogens with zero attached hydrogens (tertiary/aromatic N) is 2. The summed E-state index contributed by atoms with van der Waals surface area (Å²) < 4.78 is 1.09. The van der Waals surface area contributed by atoms with Crippen molar-refractivity contribution in [3.8, 4) is 0 Å². The molecule has 0 N–H and O–H groups in total. The smallest absolute Gasteiger partial charge is 0.129 e. The van der Waals surface area contributed by atoms with Crippen molar-refractivity contribution in [1.82, 2.24) is 4.98 Å². The third-order valence-corrected chi connectivity index (χ3v) is 4.30. The van der Waals surface area contributed by atoms with Gasteiger partial charge in [0, 0.05) is 16.6 Å². The molecule has 1 aromatic heterocycles. The summed E-state index contributed by atoms with van der Waals surface area (Å²) in [4.78, 5) is 7.14. The van der Waals surface area contributed by atoms with E-state index in [1.165, 1.54) is 19.3 Å². The van der Waals surface area contributed by atoms with Gasteiger partial charge in [0.05, 0.1) is 5.69 Å². The molecule has 2 heterocycles. The van der Waals surface area contributed by atoms with Crippen LogP contribution in [-0.4, -0.2) is 17.1 Å². The van der Waals surface area contributed by atoms with E-state index in [-0.39, 0.29) is 0 Å². The fraction of sp³-hybridized carbons (Fsp3) is 0.615. The van der Waals surface area contributed by atoms with Gasteiger partial charge in [-0.25, -0.2) is 4.98 Å². The number of hydrogen-bond acceptors (Lipinski definition) is 2. The van der Waals surface area contributed by atoms with Gasteiger partial charge >= 0.3 is 0 Å². The molecule has 3 heteroatoms. The van der Waals surface area contributed by atoms with Crippen LogP contribution in [-0.2, 0) is 0 Å². The number of aryl methyl sites for hydroxylation is 1. The predicted octanol–water partition coefficient (Wildman–Crippen LogP) is 3.92. The normalized spacial score (nSPS) is 25.9. The second kappa shape index (κ2) is 4.74. The average Bonchev–Trinajstić information content (AvgIpc) is 2.23. The molecular formula is C13H19BrN2. The minimum atomic E-state index is 0.608. The van der Waals surface area contributed by atoms with E-state index in [0.717, 1.165) is 16.0 Å². The van der Waals surface area contributed by atoms with Crippen LogP contribution in [0.5, 0.6) is 0 Å². The largest absolute Gasteiger partial charge is 0.351 e. The monoisotopic (exact) mass is 282 g/mol. The molecule has 0 radical (unpaired) electrons. The molecule has 0 amide bonds. The lowest BCUT2D eigenvalue weighted by atomic mass is 9.97. The van der Waals surface area contributed by atoms with Gasteiger partial charge in [-0.2, -0.15) is 0 Å². The average molecular weight is 283 g/mol. The molecule has 88 valence electrons. The Labute approximate surface area is 106 Å². The number of anilines is 1. The Bertz CT molecular complexity index is 368. The fourth-order valence-corrected chi connectivity index (χ4v) is 2.77. The predicted molar refractivity (Wildman–Crippen MR) is 71.9 cm³/mol. The number of rotatable bonds is 1. The van der Waals surface area contributed by atoms with Crippen LogP contribution in [0, 0.1) is 6.92 Å². The zero-order chi connectivity index (χ0) is 11.7. The second-order valence-corrected chi connectivity index (χ2v) is 5.63. The highest BCUT2D eigenvalue weighted by Crippen LogP contribution is 2.29. The van der Waals surface area contributed by atoms with E-state index in [0.29, 0.717) is 12.1 Å². The van der Waals surface area contributed by atoms with E-state index in [1.807, 2.05) is 6.92 Å². The van der Waals surface area contributed by atoms with E-state index in [9.17, 15) is 0 Å². The van der Waals surface area contributed by atoms with Crippen LogP contribution in [0.25, 0.3) is 0 Å². The Morgan fingerprint density at radius 2 is 1.88 bits per heavy atom. The first-order valence-corrected chi connectivity index (χ1v) is 6.80. The minimum Gasteiger partial charge on any atom is -0.351 e. The summed E-state index contributed by atoms with van der Waals surface area (Å²) in [6.07, 6.45) is 3.90. The topological polar surface area (TPSA) is 16.1 Å². The van der Waals surface area contributed by atoms with Gasteiger partial charge < -0.3 is 4.90 Å². The lowest BCUT2D eigenvalue weighted by Crippen LogP contribution is -2.44. The van der Waals surface area contributed by atoms with E-state index >= 15 is 0 Å². The van der Waals surface area contributed by atoms with Crippen LogP contribution in [0.2, 0.25) is 0 Å². The van der Waals surface area contributed by atoms with Crippen LogP contribution >= 0.6 is 15.9 Å². The molecule has 1 aromatic rings. The molecule has 2 nitrogen and oxygen atoms in total. The lowest BCUT2D eigenvalue weighted by Gasteiger charge is -2.40. The van der Waals surface area contributed by atoms with Crippen LogP contribution in [0.4, 0.5) is 5.82 Å². The molecule has 0 bridgehead atoms. The first-order valence-electron chi connectivity index (χ1n) is 6.01. The SMILES string of the molecule is Cc1nc(N2[C@H](C)CCC[C@@H]2C)ccc1Br. The van der Waals surface area contributed by atoms with Crippen molar-refractivity contribution in [1.29, 1.82) is 0 Å². The number of hydrogen-bond donors (Lipinski definition) is 0. The molecule has 1 aliphatic rings. The molecule has 1 fully saturated rings. The standard InChI is InChI=1S/C13H19BrN2/c1-9-5-4-6-10(2)16(9)13-8-7-12(14)11(3)15-13/h7-10H,4-6H2,1-3H3/t9-,10+. The van der Waals surface area contributed by atoms with Gasteiger partial charge in [-0.1, -0.05) is 0 Å². The Morgan fingerprint density at radius 1 is 1.25 bits per heavy atom. The number of aromatic nitrogens is 1. The minimum absolute atomic E-state index is 0.608. The zero-order valence-electron chi connectivity index (χ0n) is 10.2. The Hall–Kier alpha value is -0.570. The van der Waals surface area contributed by atoms with Crippen molar-refractivity contribution in [2.45, 2.75) is 52.1 Å². The second-order valence-electron chi connectivity index (χ2n) is 4.77. The number of pyridine rings is 1. The van der Waals surface area contributed by atoms with Crippen LogP contribution in [0.3, 0.4) is 0 Å². The zero-order valence-corrected chi connectivity index (χ0v) is 11.8. The van der Waals surface area contributed by atoms with Crippen LogP contribution in [0.1, 0.15) is 38.8 Å². The summed E-state index contributed by atoms with van der Waals surface area (Å²) in [5.74, 6) is 1.13. The summed E-state index contributed by atoms with van der Waals surface area (Å²) in [6.45, 7) is 6.65. The molecule has 1 saturated heterocycles. The lowest BCUT2D eigenvalue weighted by molar-refractivity contribution is 0.411. The van der Waals surface area contributed by atoms with Crippen LogP contribution < -0.4 is 4.90 Å². The highest BCUT2D eigenvalue weighted by atomic mass is 79.9. The number of piperidine rings is 1. The summed E-state index contributed by atoms with van der Waals surface area (Å²) in [6, 6.07) is 5.44. The van der Waals surface area contributed by atoms with E-state index < -0.39 is 0 Å². The van der Waals surface area contributed by atoms with E-state index in [1.54, 1.807) is 0 Å². The van der Waals surface area contributed by atoms with Gasteiger partial charge in [-0.15, -0.1) is 0 Å². The summed E-state index contributed by atoms with van der Waals surface area (Å²) >= 11 is 3.50. The van der Waals surface area contributed by atoms with Gasteiger partial charge in [0.15, 0.2) is 0 Å². The van der Waals surface area contributed by atoms with Gasteiger partial charge in [0.25, 0.3) is 0 Å². The molecule has 0 aromatic carbocycles. The molecule has 2 rings (SSSR count). The Balaban J connectivity index is 2.30. The maximum absolute atomic E-state index is 4.68. The maximum atomic E-state index is 4.68. The fourth-order valence-electron chi connectivity index (χ4n) is 2.55. The van der Waals surface area contributed by atoms with Crippen LogP contribution in [0.15, 0.2) is 16.6 Å². The molecular weight excluding hydrogens is 264 g/mol. The molecule has 2 atom stereocenters. The molecule has 16 heavy (non-hydrogen) atoms. The maximum Gasteiger partial charge on any atom is 0.129 e. The first-order chi connectivity index (χ1) is 7.59. The first kappa shape index (κ1) is 11.9. The molecule has 0 saturated carbocycles. The van der Waals surface area contributed by atoms with Crippen molar-refractivity contribution in [3.63, 3.8) is 0 Å². The third kappa shape index (κ3) is 2.24. The van der Waals surface area contributed by atoms with Gasteiger partial charge in [-0.3, -0.25) is 0 Å². The van der Waals surface area contributed by atoms with Gasteiger partial charge in [0.2, 0.25) is 0 Å².